The van der Waals surface area contributed by atoms with Crippen LogP contribution < -0.4 is 4.90 Å². The lowest BCUT2D eigenvalue weighted by Gasteiger charge is -2.28. The van der Waals surface area contributed by atoms with Crippen LogP contribution in [0.3, 0.4) is 0 Å². The third kappa shape index (κ3) is 2.22. The maximum Gasteiger partial charge on any atom is 0.356 e. The van der Waals surface area contributed by atoms with Crippen LogP contribution in [0.2, 0.25) is 5.15 Å². The van der Waals surface area contributed by atoms with E-state index in [1.54, 1.807) is 4.40 Å². The molecule has 100 valence electrons. The summed E-state index contributed by atoms with van der Waals surface area (Å²) in [5, 5.41) is 9.28. The van der Waals surface area contributed by atoms with Crippen molar-refractivity contribution < 1.29 is 14.6 Å². The number of anilines is 1. The minimum Gasteiger partial charge on any atom is -0.476 e. The fraction of sp³-hybridized carbons (Fsp3) is 0.364. The van der Waals surface area contributed by atoms with Crippen molar-refractivity contribution in [1.29, 1.82) is 0 Å². The molecule has 0 bridgehead atoms. The zero-order chi connectivity index (χ0) is 13.4. The first kappa shape index (κ1) is 12.2. The van der Waals surface area contributed by atoms with Crippen LogP contribution in [-0.2, 0) is 4.74 Å². The zero-order valence-electron chi connectivity index (χ0n) is 9.91. The van der Waals surface area contributed by atoms with Crippen molar-refractivity contribution in [2.24, 2.45) is 0 Å². The number of morpholine rings is 1. The maximum absolute atomic E-state index is 11.0. The summed E-state index contributed by atoms with van der Waals surface area (Å²) in [7, 11) is 0. The molecule has 0 amide bonds. The van der Waals surface area contributed by atoms with E-state index in [-0.39, 0.29) is 10.8 Å². The van der Waals surface area contributed by atoms with Crippen molar-refractivity contribution in [3.8, 4) is 0 Å². The summed E-state index contributed by atoms with van der Waals surface area (Å²) in [6.45, 7) is 2.58. The van der Waals surface area contributed by atoms with E-state index < -0.39 is 5.97 Å². The van der Waals surface area contributed by atoms with Crippen molar-refractivity contribution in [2.75, 3.05) is 31.2 Å². The van der Waals surface area contributed by atoms with Gasteiger partial charge in [-0.2, -0.15) is 0 Å². The van der Waals surface area contributed by atoms with Crippen LogP contribution in [-0.4, -0.2) is 51.7 Å². The molecule has 2 aromatic rings. The molecule has 3 heterocycles. The first-order valence-corrected chi connectivity index (χ1v) is 6.14. The third-order valence-electron chi connectivity index (χ3n) is 2.92. The van der Waals surface area contributed by atoms with Gasteiger partial charge in [0.15, 0.2) is 5.69 Å². The molecule has 1 saturated heterocycles. The molecule has 1 fully saturated rings. The molecule has 1 aliphatic heterocycles. The van der Waals surface area contributed by atoms with E-state index in [2.05, 4.69) is 9.97 Å². The molecule has 0 saturated carbocycles. The number of carboxylic acid groups (broad SMARTS) is 1. The maximum atomic E-state index is 11.0. The first-order chi connectivity index (χ1) is 9.15. The third-order valence-corrected chi connectivity index (χ3v) is 3.11. The summed E-state index contributed by atoms with van der Waals surface area (Å²) >= 11 is 5.96. The number of ether oxygens (including phenoxy) is 1. The Hall–Kier alpha value is -1.86. The van der Waals surface area contributed by atoms with Crippen LogP contribution in [0, 0.1) is 0 Å². The van der Waals surface area contributed by atoms with Crippen molar-refractivity contribution in [3.63, 3.8) is 0 Å². The van der Waals surface area contributed by atoms with Crippen LogP contribution in [0.25, 0.3) is 5.65 Å². The summed E-state index contributed by atoms with van der Waals surface area (Å²) in [4.78, 5) is 21.2. The normalized spacial score (nSPS) is 15.9. The number of hydrogen-bond donors (Lipinski definition) is 1. The van der Waals surface area contributed by atoms with Crippen LogP contribution in [0.15, 0.2) is 12.3 Å². The summed E-state index contributed by atoms with van der Waals surface area (Å²) in [5.41, 5.74) is 0.442. The Kier molecular flexibility index (Phi) is 3.00. The molecule has 1 N–H and O–H groups in total. The molecule has 0 unspecified atom stereocenters. The Labute approximate surface area is 113 Å². The number of hydrogen-bond acceptors (Lipinski definition) is 5. The highest BCUT2D eigenvalue weighted by molar-refractivity contribution is 6.29. The van der Waals surface area contributed by atoms with Gasteiger partial charge in [0.05, 0.1) is 13.2 Å². The predicted molar refractivity (Wildman–Crippen MR) is 68.0 cm³/mol. The highest BCUT2D eigenvalue weighted by Gasteiger charge is 2.19. The summed E-state index contributed by atoms with van der Waals surface area (Å²) in [5.74, 6) is -0.487. The van der Waals surface area contributed by atoms with Gasteiger partial charge in [-0.1, -0.05) is 11.6 Å². The molecule has 0 radical (unpaired) electrons. The number of halogens is 1. The van der Waals surface area contributed by atoms with Gasteiger partial charge in [-0.3, -0.25) is 4.40 Å². The van der Waals surface area contributed by atoms with E-state index in [4.69, 9.17) is 21.4 Å². The molecular weight excluding hydrogens is 272 g/mol. The van der Waals surface area contributed by atoms with Crippen LogP contribution in [0.1, 0.15) is 10.5 Å². The van der Waals surface area contributed by atoms with Gasteiger partial charge in [0.1, 0.15) is 10.8 Å². The summed E-state index contributed by atoms with van der Waals surface area (Å²) in [6, 6.07) is 1.54. The number of aromatic nitrogens is 3. The molecule has 7 nitrogen and oxygen atoms in total. The van der Waals surface area contributed by atoms with E-state index in [0.717, 1.165) is 0 Å². The Morgan fingerprint density at radius 1 is 1.37 bits per heavy atom. The minimum absolute atomic E-state index is 0.0291. The molecule has 0 atom stereocenters. The van der Waals surface area contributed by atoms with Gasteiger partial charge < -0.3 is 14.7 Å². The monoisotopic (exact) mass is 282 g/mol. The lowest BCUT2D eigenvalue weighted by Crippen LogP contribution is -2.37. The first-order valence-electron chi connectivity index (χ1n) is 5.77. The molecule has 1 aliphatic rings. The Balaban J connectivity index is 2.13. The van der Waals surface area contributed by atoms with Crippen LogP contribution in [0.5, 0.6) is 0 Å². The van der Waals surface area contributed by atoms with Crippen molar-refractivity contribution in [2.45, 2.75) is 0 Å². The van der Waals surface area contributed by atoms with Crippen molar-refractivity contribution >= 4 is 29.2 Å². The van der Waals surface area contributed by atoms with E-state index in [9.17, 15) is 4.79 Å². The smallest absolute Gasteiger partial charge is 0.356 e. The topological polar surface area (TPSA) is 80.0 Å². The van der Waals surface area contributed by atoms with E-state index in [1.165, 1.54) is 12.3 Å². The summed E-state index contributed by atoms with van der Waals surface area (Å²) < 4.78 is 6.93. The quantitative estimate of drug-likeness (QED) is 0.825. The largest absolute Gasteiger partial charge is 0.476 e. The predicted octanol–water partition coefficient (Wildman–Crippen LogP) is 0.917. The van der Waals surface area contributed by atoms with E-state index >= 15 is 0 Å². The number of imidazole rings is 1. The lowest BCUT2D eigenvalue weighted by atomic mass is 10.4. The molecule has 3 rings (SSSR count). The Bertz CT molecular complexity index is 636. The fourth-order valence-corrected chi connectivity index (χ4v) is 2.21. The van der Waals surface area contributed by atoms with Gasteiger partial charge in [0.25, 0.3) is 0 Å². The van der Waals surface area contributed by atoms with Gasteiger partial charge in [0.2, 0.25) is 5.95 Å². The highest BCUT2D eigenvalue weighted by atomic mass is 35.5. The number of fused-ring (bicyclic) bond motifs is 1. The average Bonchev–Trinajstić information content (AvgIpc) is 2.82. The van der Waals surface area contributed by atoms with E-state index in [1.807, 2.05) is 4.90 Å². The fourth-order valence-electron chi connectivity index (χ4n) is 2.03. The van der Waals surface area contributed by atoms with Gasteiger partial charge in [-0.15, -0.1) is 0 Å². The molecule has 0 aliphatic carbocycles. The second-order valence-corrected chi connectivity index (χ2v) is 4.53. The lowest BCUT2D eigenvalue weighted by molar-refractivity contribution is 0.0691. The molecule has 0 spiro atoms. The van der Waals surface area contributed by atoms with Crippen molar-refractivity contribution in [1.82, 2.24) is 14.4 Å². The zero-order valence-corrected chi connectivity index (χ0v) is 10.7. The van der Waals surface area contributed by atoms with Gasteiger partial charge in [0, 0.05) is 25.4 Å². The minimum atomic E-state index is -1.08. The van der Waals surface area contributed by atoms with Crippen molar-refractivity contribution in [3.05, 3.63) is 23.1 Å². The number of rotatable bonds is 2. The number of carboxylic acids is 1. The molecular formula is C11H11ClN4O3. The average molecular weight is 283 g/mol. The summed E-state index contributed by atoms with van der Waals surface area (Å²) in [6.07, 6.45) is 1.45. The van der Waals surface area contributed by atoms with Crippen LogP contribution >= 0.6 is 11.6 Å². The Morgan fingerprint density at radius 2 is 2.11 bits per heavy atom. The van der Waals surface area contributed by atoms with E-state index in [0.29, 0.717) is 37.9 Å². The highest BCUT2D eigenvalue weighted by Crippen LogP contribution is 2.20. The van der Waals surface area contributed by atoms with Gasteiger partial charge in [-0.05, 0) is 0 Å². The number of nitrogens with zero attached hydrogens (tertiary/aromatic N) is 4. The number of aromatic carboxylic acids is 1. The van der Waals surface area contributed by atoms with Gasteiger partial charge >= 0.3 is 5.97 Å². The molecule has 2 aromatic heterocycles. The second kappa shape index (κ2) is 4.67. The molecule has 19 heavy (non-hydrogen) atoms. The number of carbonyl (C=O) groups is 1. The van der Waals surface area contributed by atoms with Crippen LogP contribution in [0.4, 0.5) is 5.95 Å². The standard InChI is InChI=1S/C11H11ClN4O3/c12-8-5-9-13-7(10(17)18)6-16(9)11(14-8)15-1-3-19-4-2-15/h5-6H,1-4H2,(H,17,18). The SMILES string of the molecule is O=C(O)c1cn2c(N3CCOCC3)nc(Cl)cc2n1. The molecule has 0 aromatic carbocycles. The second-order valence-electron chi connectivity index (χ2n) is 4.14. The Morgan fingerprint density at radius 3 is 2.79 bits per heavy atom. The van der Waals surface area contributed by atoms with Gasteiger partial charge in [-0.25, -0.2) is 14.8 Å². The molecule has 8 heteroatoms.